The van der Waals surface area contributed by atoms with Gasteiger partial charge in [0.15, 0.2) is 0 Å². The number of carboxylic acids is 1. The first kappa shape index (κ1) is 17.0. The van der Waals surface area contributed by atoms with E-state index in [0.717, 1.165) is 12.1 Å². The maximum absolute atomic E-state index is 12.8. The van der Waals surface area contributed by atoms with Crippen LogP contribution in [0.15, 0.2) is 17.0 Å². The molecule has 1 saturated heterocycles. The summed E-state index contributed by atoms with van der Waals surface area (Å²) in [6, 6.07) is 1.99. The smallest absolute Gasteiger partial charge is 0.339 e. The number of sulfonamides is 1. The Morgan fingerprint density at radius 1 is 1.50 bits per heavy atom. The van der Waals surface area contributed by atoms with Crippen molar-refractivity contribution in [2.75, 3.05) is 26.9 Å². The number of ether oxygens (including phenoxy) is 2. The van der Waals surface area contributed by atoms with Gasteiger partial charge < -0.3 is 14.6 Å². The Morgan fingerprint density at radius 3 is 2.55 bits per heavy atom. The standard InChI is InChI=1S/C13H16ClNO6S/c1-3-15(8-6-21-7-8)22(18,19)12-5-11(20-2)9(13(16)17)4-10(12)14/h4-5,8H,3,6-7H2,1-2H3,(H,16,17). The van der Waals surface area contributed by atoms with E-state index < -0.39 is 16.0 Å². The second kappa shape index (κ2) is 6.41. The molecule has 2 rings (SSSR count). The summed E-state index contributed by atoms with van der Waals surface area (Å²) in [6.07, 6.45) is 0. The Balaban J connectivity index is 2.52. The van der Waals surface area contributed by atoms with Gasteiger partial charge in [0.2, 0.25) is 10.0 Å². The minimum atomic E-state index is -3.87. The first-order valence-electron chi connectivity index (χ1n) is 6.53. The monoisotopic (exact) mass is 349 g/mol. The normalized spacial score (nSPS) is 15.6. The third-order valence-corrected chi connectivity index (χ3v) is 5.90. The summed E-state index contributed by atoms with van der Waals surface area (Å²) in [5.74, 6) is -1.31. The lowest BCUT2D eigenvalue weighted by Gasteiger charge is -2.35. The Morgan fingerprint density at radius 2 is 2.14 bits per heavy atom. The first-order valence-corrected chi connectivity index (χ1v) is 8.35. The summed E-state index contributed by atoms with van der Waals surface area (Å²) in [7, 11) is -2.60. The number of carbonyl (C=O) groups is 1. The lowest BCUT2D eigenvalue weighted by Crippen LogP contribution is -2.51. The summed E-state index contributed by atoms with van der Waals surface area (Å²) in [5.41, 5.74) is -0.193. The molecule has 1 fully saturated rings. The van der Waals surface area contributed by atoms with Crippen molar-refractivity contribution in [1.29, 1.82) is 0 Å². The van der Waals surface area contributed by atoms with Crippen molar-refractivity contribution in [1.82, 2.24) is 4.31 Å². The van der Waals surface area contributed by atoms with Crippen LogP contribution in [0, 0.1) is 0 Å². The van der Waals surface area contributed by atoms with Gasteiger partial charge in [-0.1, -0.05) is 18.5 Å². The third kappa shape index (κ3) is 2.91. The van der Waals surface area contributed by atoms with Gasteiger partial charge in [-0.25, -0.2) is 13.2 Å². The molecule has 0 unspecified atom stereocenters. The van der Waals surface area contributed by atoms with Gasteiger partial charge in [-0.05, 0) is 6.07 Å². The van der Waals surface area contributed by atoms with Crippen LogP contribution in [-0.2, 0) is 14.8 Å². The van der Waals surface area contributed by atoms with E-state index in [1.807, 2.05) is 0 Å². The van der Waals surface area contributed by atoms with Gasteiger partial charge in [0.1, 0.15) is 16.2 Å². The highest BCUT2D eigenvalue weighted by atomic mass is 35.5. The van der Waals surface area contributed by atoms with Gasteiger partial charge in [0.25, 0.3) is 0 Å². The molecule has 1 aromatic carbocycles. The highest BCUT2D eigenvalue weighted by Crippen LogP contribution is 2.33. The van der Waals surface area contributed by atoms with E-state index in [1.54, 1.807) is 6.92 Å². The SMILES string of the molecule is CCN(C1COC1)S(=O)(=O)c1cc(OC)c(C(=O)O)cc1Cl. The number of nitrogens with zero attached hydrogens (tertiary/aromatic N) is 1. The van der Waals surface area contributed by atoms with Gasteiger partial charge in [0.05, 0.1) is 31.4 Å². The van der Waals surface area contributed by atoms with Crippen LogP contribution in [0.5, 0.6) is 5.75 Å². The second-order valence-corrected chi connectivity index (χ2v) is 6.95. The minimum absolute atomic E-state index is 0.0589. The van der Waals surface area contributed by atoms with Gasteiger partial charge in [-0.15, -0.1) is 0 Å². The lowest BCUT2D eigenvalue weighted by molar-refractivity contribution is -0.0354. The molecular weight excluding hydrogens is 334 g/mol. The molecule has 1 heterocycles. The van der Waals surface area contributed by atoms with E-state index in [9.17, 15) is 13.2 Å². The largest absolute Gasteiger partial charge is 0.496 e. The van der Waals surface area contributed by atoms with Crippen molar-refractivity contribution in [3.8, 4) is 5.75 Å². The number of benzene rings is 1. The molecule has 9 heteroatoms. The molecule has 22 heavy (non-hydrogen) atoms. The Labute approximate surface area is 133 Å². The Kier molecular flexibility index (Phi) is 4.96. The molecule has 0 saturated carbocycles. The van der Waals surface area contributed by atoms with Crippen molar-refractivity contribution in [3.63, 3.8) is 0 Å². The second-order valence-electron chi connectivity index (χ2n) is 4.69. The molecule has 0 aliphatic carbocycles. The van der Waals surface area contributed by atoms with Crippen LogP contribution in [0.2, 0.25) is 5.02 Å². The van der Waals surface area contributed by atoms with Crippen molar-refractivity contribution < 1.29 is 27.8 Å². The van der Waals surface area contributed by atoms with E-state index >= 15 is 0 Å². The summed E-state index contributed by atoms with van der Waals surface area (Å²) in [4.78, 5) is 11.0. The van der Waals surface area contributed by atoms with Crippen LogP contribution in [0.3, 0.4) is 0 Å². The number of methoxy groups -OCH3 is 1. The van der Waals surface area contributed by atoms with E-state index in [-0.39, 0.29) is 33.8 Å². The molecule has 0 atom stereocenters. The molecule has 1 aliphatic heterocycles. The first-order chi connectivity index (χ1) is 10.3. The number of aromatic carboxylic acids is 1. The zero-order valence-corrected chi connectivity index (χ0v) is 13.6. The predicted molar refractivity (Wildman–Crippen MR) is 79.1 cm³/mol. The summed E-state index contributed by atoms with van der Waals surface area (Å²) in [5, 5.41) is 8.93. The highest BCUT2D eigenvalue weighted by molar-refractivity contribution is 7.89. The van der Waals surface area contributed by atoms with Crippen molar-refractivity contribution >= 4 is 27.6 Å². The summed E-state index contributed by atoms with van der Waals surface area (Å²) < 4.78 is 36.8. The number of rotatable bonds is 6. The van der Waals surface area contributed by atoms with Crippen LogP contribution in [0.4, 0.5) is 0 Å². The van der Waals surface area contributed by atoms with Crippen molar-refractivity contribution in [3.05, 3.63) is 22.7 Å². The fraction of sp³-hybridized carbons (Fsp3) is 0.462. The van der Waals surface area contributed by atoms with E-state index in [2.05, 4.69) is 0 Å². The molecule has 1 aliphatic rings. The van der Waals surface area contributed by atoms with Crippen LogP contribution >= 0.6 is 11.6 Å². The Bertz CT molecular complexity index is 686. The van der Waals surface area contributed by atoms with E-state index in [1.165, 1.54) is 11.4 Å². The average Bonchev–Trinajstić information content (AvgIpc) is 2.41. The quantitative estimate of drug-likeness (QED) is 0.835. The minimum Gasteiger partial charge on any atom is -0.496 e. The molecule has 0 aromatic heterocycles. The van der Waals surface area contributed by atoms with Crippen molar-refractivity contribution in [2.45, 2.75) is 17.9 Å². The average molecular weight is 350 g/mol. The van der Waals surface area contributed by atoms with Crippen molar-refractivity contribution in [2.24, 2.45) is 0 Å². The zero-order chi connectivity index (χ0) is 16.5. The van der Waals surface area contributed by atoms with Gasteiger partial charge >= 0.3 is 5.97 Å². The van der Waals surface area contributed by atoms with Gasteiger partial charge in [0, 0.05) is 12.6 Å². The molecule has 0 bridgehead atoms. The number of halogens is 1. The molecule has 1 aromatic rings. The number of hydrogen-bond acceptors (Lipinski definition) is 5. The molecule has 0 amide bonds. The Hall–Kier alpha value is -1.35. The summed E-state index contributed by atoms with van der Waals surface area (Å²) in [6.45, 7) is 2.63. The molecule has 0 spiro atoms. The fourth-order valence-electron chi connectivity index (χ4n) is 2.21. The van der Waals surface area contributed by atoms with Crippen LogP contribution in [0.1, 0.15) is 17.3 Å². The topological polar surface area (TPSA) is 93.1 Å². The number of carboxylic acid groups (broad SMARTS) is 1. The maximum atomic E-state index is 12.8. The molecule has 122 valence electrons. The number of likely N-dealkylation sites (N-methyl/N-ethyl adjacent to an activating group) is 1. The van der Waals surface area contributed by atoms with E-state index in [4.69, 9.17) is 26.2 Å². The lowest BCUT2D eigenvalue weighted by atomic mass is 10.2. The number of hydrogen-bond donors (Lipinski definition) is 1. The third-order valence-electron chi connectivity index (χ3n) is 3.41. The highest BCUT2D eigenvalue weighted by Gasteiger charge is 2.36. The molecular formula is C13H16ClNO6S. The van der Waals surface area contributed by atoms with Crippen LogP contribution in [0.25, 0.3) is 0 Å². The van der Waals surface area contributed by atoms with Crippen LogP contribution < -0.4 is 4.74 Å². The molecule has 1 N–H and O–H groups in total. The van der Waals surface area contributed by atoms with Crippen LogP contribution in [-0.4, -0.2) is 56.7 Å². The summed E-state index contributed by atoms with van der Waals surface area (Å²) >= 11 is 6.00. The molecule has 7 nitrogen and oxygen atoms in total. The predicted octanol–water partition coefficient (Wildman–Crippen LogP) is 1.46. The fourth-order valence-corrected chi connectivity index (χ4v) is 4.33. The van der Waals surface area contributed by atoms with Gasteiger partial charge in [-0.3, -0.25) is 0 Å². The maximum Gasteiger partial charge on any atom is 0.339 e. The van der Waals surface area contributed by atoms with Gasteiger partial charge in [-0.2, -0.15) is 4.31 Å². The molecule has 0 radical (unpaired) electrons. The van der Waals surface area contributed by atoms with E-state index in [0.29, 0.717) is 13.2 Å². The zero-order valence-electron chi connectivity index (χ0n) is 12.1.